The Morgan fingerprint density at radius 2 is 1.96 bits per heavy atom. The second-order valence-corrected chi connectivity index (χ2v) is 5.74. The molecule has 2 aromatic heterocycles. The van der Waals surface area contributed by atoms with E-state index in [1.165, 1.54) is 13.3 Å². The highest BCUT2D eigenvalue weighted by molar-refractivity contribution is 5.99. The molecule has 0 fully saturated rings. The summed E-state index contributed by atoms with van der Waals surface area (Å²) in [5.41, 5.74) is 6.20. The molecule has 3 heterocycles. The van der Waals surface area contributed by atoms with Gasteiger partial charge in [-0.2, -0.15) is 13.2 Å². The van der Waals surface area contributed by atoms with Crippen molar-refractivity contribution >= 4 is 28.8 Å². The third kappa shape index (κ3) is 2.52. The number of benzene rings is 1. The standard InChI is InChI=1S/C17H12F3N5O/c1-8-10(17(18,19)20)6-23-15(21)13(8)9-4-11-14-12(5-9)26-3-2-22-16(14)25-7-24-11/h2,4-7H,3H2,1H3,(H2,21,23). The summed E-state index contributed by atoms with van der Waals surface area (Å²) in [6.07, 6.45) is -0.877. The van der Waals surface area contributed by atoms with E-state index >= 15 is 0 Å². The normalized spacial score (nSPS) is 13.5. The van der Waals surface area contributed by atoms with E-state index in [0.29, 0.717) is 28.0 Å². The van der Waals surface area contributed by atoms with Gasteiger partial charge in [-0.15, -0.1) is 0 Å². The molecule has 0 amide bonds. The number of aromatic nitrogens is 3. The van der Waals surface area contributed by atoms with Gasteiger partial charge in [0.25, 0.3) is 0 Å². The molecule has 9 heteroatoms. The van der Waals surface area contributed by atoms with Crippen LogP contribution in [0.25, 0.3) is 22.0 Å². The molecule has 3 aromatic rings. The second kappa shape index (κ2) is 5.65. The number of halogens is 3. The average molecular weight is 359 g/mol. The summed E-state index contributed by atoms with van der Waals surface area (Å²) in [5, 5.41) is 0.598. The van der Waals surface area contributed by atoms with Crippen LogP contribution in [0, 0.1) is 6.92 Å². The predicted molar refractivity (Wildman–Crippen MR) is 90.6 cm³/mol. The molecule has 1 aliphatic rings. The van der Waals surface area contributed by atoms with Crippen LogP contribution in [0.3, 0.4) is 0 Å². The number of nitrogen functional groups attached to an aromatic ring is 1. The minimum absolute atomic E-state index is 0.00111. The Morgan fingerprint density at radius 3 is 2.73 bits per heavy atom. The van der Waals surface area contributed by atoms with Crippen molar-refractivity contribution in [3.8, 4) is 16.9 Å². The van der Waals surface area contributed by atoms with Gasteiger partial charge in [0.1, 0.15) is 24.5 Å². The molecular weight excluding hydrogens is 347 g/mol. The monoisotopic (exact) mass is 359 g/mol. The molecule has 0 aliphatic carbocycles. The van der Waals surface area contributed by atoms with Gasteiger partial charge in [-0.25, -0.2) is 19.9 Å². The third-order valence-electron chi connectivity index (χ3n) is 4.17. The van der Waals surface area contributed by atoms with Gasteiger partial charge in [0.05, 0.1) is 16.5 Å². The molecule has 1 aromatic carbocycles. The number of aliphatic imine (C=N–C) groups is 1. The maximum Gasteiger partial charge on any atom is 0.418 e. The largest absolute Gasteiger partial charge is 0.487 e. The van der Waals surface area contributed by atoms with Gasteiger partial charge in [-0.1, -0.05) is 0 Å². The molecule has 26 heavy (non-hydrogen) atoms. The molecule has 4 rings (SSSR count). The van der Waals surface area contributed by atoms with Crippen LogP contribution in [0.2, 0.25) is 0 Å². The number of nitrogens with zero attached hydrogens (tertiary/aromatic N) is 4. The fourth-order valence-electron chi connectivity index (χ4n) is 3.02. The number of hydrogen-bond donors (Lipinski definition) is 1. The van der Waals surface area contributed by atoms with E-state index in [9.17, 15) is 13.2 Å². The number of anilines is 1. The molecule has 0 spiro atoms. The lowest BCUT2D eigenvalue weighted by atomic mass is 9.96. The van der Waals surface area contributed by atoms with Crippen molar-refractivity contribution in [3.05, 3.63) is 35.8 Å². The first kappa shape index (κ1) is 16.2. The lowest BCUT2D eigenvalue weighted by Gasteiger charge is -2.16. The Hall–Kier alpha value is -3.23. The quantitative estimate of drug-likeness (QED) is 0.716. The van der Waals surface area contributed by atoms with Crippen LogP contribution in [0.4, 0.5) is 24.8 Å². The molecule has 0 unspecified atom stereocenters. The molecule has 0 radical (unpaired) electrons. The van der Waals surface area contributed by atoms with Crippen LogP contribution in [0.1, 0.15) is 11.1 Å². The van der Waals surface area contributed by atoms with Gasteiger partial charge in [0, 0.05) is 18.0 Å². The van der Waals surface area contributed by atoms with Crippen molar-refractivity contribution in [2.75, 3.05) is 12.3 Å². The van der Waals surface area contributed by atoms with Crippen LogP contribution in [0.5, 0.6) is 5.75 Å². The van der Waals surface area contributed by atoms with Gasteiger partial charge in [0.15, 0.2) is 5.82 Å². The summed E-state index contributed by atoms with van der Waals surface area (Å²) >= 11 is 0. The Balaban J connectivity index is 2.01. The van der Waals surface area contributed by atoms with Gasteiger partial charge < -0.3 is 10.5 Å². The molecule has 0 atom stereocenters. The fourth-order valence-corrected chi connectivity index (χ4v) is 3.02. The van der Waals surface area contributed by atoms with Crippen molar-refractivity contribution in [3.63, 3.8) is 0 Å². The maximum absolute atomic E-state index is 13.2. The zero-order chi connectivity index (χ0) is 18.5. The molecule has 0 bridgehead atoms. The van der Waals surface area contributed by atoms with Gasteiger partial charge >= 0.3 is 6.18 Å². The Morgan fingerprint density at radius 1 is 1.15 bits per heavy atom. The van der Waals surface area contributed by atoms with Crippen molar-refractivity contribution in [1.29, 1.82) is 0 Å². The van der Waals surface area contributed by atoms with E-state index in [1.807, 2.05) is 0 Å². The van der Waals surface area contributed by atoms with Crippen LogP contribution in [-0.2, 0) is 6.18 Å². The van der Waals surface area contributed by atoms with E-state index in [-0.39, 0.29) is 23.6 Å². The first-order valence-corrected chi connectivity index (χ1v) is 7.63. The Kier molecular flexibility index (Phi) is 3.53. The molecular formula is C17H12F3N5O. The van der Waals surface area contributed by atoms with E-state index < -0.39 is 11.7 Å². The smallest absolute Gasteiger partial charge is 0.418 e. The van der Waals surface area contributed by atoms with Gasteiger partial charge in [-0.05, 0) is 30.2 Å². The zero-order valence-corrected chi connectivity index (χ0v) is 13.5. The highest BCUT2D eigenvalue weighted by Gasteiger charge is 2.34. The van der Waals surface area contributed by atoms with Crippen molar-refractivity contribution in [2.45, 2.75) is 13.1 Å². The highest BCUT2D eigenvalue weighted by Crippen LogP contribution is 2.42. The average Bonchev–Trinajstić information content (AvgIpc) is 2.77. The van der Waals surface area contributed by atoms with Crippen LogP contribution in [0.15, 0.2) is 29.6 Å². The number of ether oxygens (including phenoxy) is 1. The van der Waals surface area contributed by atoms with Gasteiger partial charge in [-0.3, -0.25) is 0 Å². The SMILES string of the molecule is Cc1c(C(F)(F)F)cnc(N)c1-c1cc2c3c(ncnc3c1)N=CCO2. The van der Waals surface area contributed by atoms with Crippen molar-refractivity contribution in [2.24, 2.45) is 4.99 Å². The van der Waals surface area contributed by atoms with E-state index in [0.717, 1.165) is 6.20 Å². The highest BCUT2D eigenvalue weighted by atomic mass is 19.4. The molecule has 0 saturated carbocycles. The van der Waals surface area contributed by atoms with Gasteiger partial charge in [0.2, 0.25) is 0 Å². The maximum atomic E-state index is 13.2. The molecule has 1 aliphatic heterocycles. The van der Waals surface area contributed by atoms with Crippen molar-refractivity contribution in [1.82, 2.24) is 15.0 Å². The fraction of sp³-hybridized carbons (Fsp3) is 0.176. The zero-order valence-electron chi connectivity index (χ0n) is 13.5. The predicted octanol–water partition coefficient (Wildman–Crippen LogP) is 3.70. The molecule has 132 valence electrons. The minimum atomic E-state index is -4.53. The number of hydrogen-bond acceptors (Lipinski definition) is 6. The van der Waals surface area contributed by atoms with Crippen LogP contribution >= 0.6 is 0 Å². The van der Waals surface area contributed by atoms with Crippen LogP contribution in [-0.4, -0.2) is 27.8 Å². The lowest BCUT2D eigenvalue weighted by Crippen LogP contribution is -2.11. The second-order valence-electron chi connectivity index (χ2n) is 5.74. The van der Waals surface area contributed by atoms with E-state index in [4.69, 9.17) is 10.5 Å². The van der Waals surface area contributed by atoms with E-state index in [1.54, 1.807) is 18.3 Å². The molecule has 0 saturated heterocycles. The first-order valence-electron chi connectivity index (χ1n) is 7.63. The summed E-state index contributed by atoms with van der Waals surface area (Å²) in [6.45, 7) is 1.58. The summed E-state index contributed by atoms with van der Waals surface area (Å²) in [5.74, 6) is 0.879. The van der Waals surface area contributed by atoms with Crippen LogP contribution < -0.4 is 10.5 Å². The molecule has 2 N–H and O–H groups in total. The Labute approximate surface area is 145 Å². The number of nitrogens with two attached hydrogens (primary N) is 1. The molecule has 6 nitrogen and oxygen atoms in total. The topological polar surface area (TPSA) is 86.3 Å². The number of alkyl halides is 3. The first-order chi connectivity index (χ1) is 12.4. The summed E-state index contributed by atoms with van der Waals surface area (Å²) < 4.78 is 45.4. The minimum Gasteiger partial charge on any atom is -0.487 e. The summed E-state index contributed by atoms with van der Waals surface area (Å²) in [4.78, 5) is 16.2. The number of rotatable bonds is 1. The lowest BCUT2D eigenvalue weighted by molar-refractivity contribution is -0.138. The summed E-state index contributed by atoms with van der Waals surface area (Å²) in [6, 6.07) is 3.25. The van der Waals surface area contributed by atoms with Crippen molar-refractivity contribution < 1.29 is 17.9 Å². The van der Waals surface area contributed by atoms with E-state index in [2.05, 4.69) is 19.9 Å². The Bertz CT molecular complexity index is 1060. The summed E-state index contributed by atoms with van der Waals surface area (Å²) in [7, 11) is 0. The third-order valence-corrected chi connectivity index (χ3v) is 4.17. The number of pyridine rings is 1.